The van der Waals surface area contributed by atoms with Gasteiger partial charge in [0, 0.05) is 11.6 Å². The molecule has 2 aromatic carbocycles. The zero-order chi connectivity index (χ0) is 19.3. The third-order valence-corrected chi connectivity index (χ3v) is 5.56. The lowest BCUT2D eigenvalue weighted by atomic mass is 10.1. The van der Waals surface area contributed by atoms with Crippen LogP contribution in [0.15, 0.2) is 48.5 Å². The number of benzene rings is 2. The first-order valence-electron chi connectivity index (χ1n) is 8.31. The monoisotopic (exact) mass is 394 g/mol. The third kappa shape index (κ3) is 4.99. The Labute approximate surface area is 160 Å². The molecule has 0 unspecified atom stereocenters. The van der Waals surface area contributed by atoms with Crippen LogP contribution in [-0.4, -0.2) is 26.6 Å². The van der Waals surface area contributed by atoms with E-state index < -0.39 is 16.1 Å². The fraction of sp³-hybridized carbons (Fsp3) is 0.316. The molecule has 1 atom stereocenters. The highest BCUT2D eigenvalue weighted by Gasteiger charge is 2.31. The predicted octanol–water partition coefficient (Wildman–Crippen LogP) is 3.51. The summed E-state index contributed by atoms with van der Waals surface area (Å²) in [5.41, 5.74) is 2.47. The maximum absolute atomic E-state index is 12.7. The second-order valence-electron chi connectivity index (χ2n) is 6.10. The van der Waals surface area contributed by atoms with E-state index in [0.29, 0.717) is 23.7 Å². The van der Waals surface area contributed by atoms with Crippen molar-refractivity contribution in [1.29, 1.82) is 0 Å². The molecule has 26 heavy (non-hydrogen) atoms. The highest BCUT2D eigenvalue weighted by atomic mass is 35.5. The van der Waals surface area contributed by atoms with Gasteiger partial charge in [-0.2, -0.15) is 0 Å². The summed E-state index contributed by atoms with van der Waals surface area (Å²) in [6.07, 6.45) is 1.44. The number of carbonyl (C=O) groups is 1. The number of nitrogens with one attached hydrogen (secondary N) is 1. The minimum atomic E-state index is -3.65. The summed E-state index contributed by atoms with van der Waals surface area (Å²) in [5, 5.41) is 3.35. The standard InChI is InChI=1S/C19H23ClN2O3S/c1-4-18(19(23)21-13-15-8-6-5-7-14(15)2)22(26(3,24)25)17-11-9-16(20)10-12-17/h5-12,18H,4,13H2,1-3H3,(H,21,23)/t18-/m0/s1. The Morgan fingerprint density at radius 2 is 1.77 bits per heavy atom. The summed E-state index contributed by atoms with van der Waals surface area (Å²) in [6.45, 7) is 4.10. The average molecular weight is 395 g/mol. The molecule has 0 saturated carbocycles. The molecule has 0 fully saturated rings. The fourth-order valence-electron chi connectivity index (χ4n) is 2.76. The molecule has 5 nitrogen and oxygen atoms in total. The van der Waals surface area contributed by atoms with Gasteiger partial charge in [-0.05, 0) is 48.7 Å². The molecule has 0 bridgehead atoms. The van der Waals surface area contributed by atoms with E-state index in [1.54, 1.807) is 31.2 Å². The van der Waals surface area contributed by atoms with Crippen LogP contribution in [0.25, 0.3) is 0 Å². The second kappa shape index (κ2) is 8.56. The first kappa shape index (κ1) is 20.3. The van der Waals surface area contributed by atoms with Crippen molar-refractivity contribution >= 4 is 33.2 Å². The lowest BCUT2D eigenvalue weighted by Gasteiger charge is -2.30. The van der Waals surface area contributed by atoms with E-state index >= 15 is 0 Å². The number of hydrogen-bond acceptors (Lipinski definition) is 3. The van der Waals surface area contributed by atoms with Gasteiger partial charge in [-0.1, -0.05) is 42.8 Å². The molecule has 0 aliphatic heterocycles. The summed E-state index contributed by atoms with van der Waals surface area (Å²) >= 11 is 5.89. The smallest absolute Gasteiger partial charge is 0.244 e. The van der Waals surface area contributed by atoms with Crippen molar-refractivity contribution in [2.24, 2.45) is 0 Å². The first-order chi connectivity index (χ1) is 12.2. The van der Waals surface area contributed by atoms with Gasteiger partial charge in [0.2, 0.25) is 15.9 Å². The van der Waals surface area contributed by atoms with Gasteiger partial charge in [0.1, 0.15) is 6.04 Å². The Morgan fingerprint density at radius 1 is 1.15 bits per heavy atom. The Hall–Kier alpha value is -2.05. The normalized spacial score (nSPS) is 12.5. The summed E-state index contributed by atoms with van der Waals surface area (Å²) in [4.78, 5) is 12.7. The lowest BCUT2D eigenvalue weighted by Crippen LogP contribution is -2.49. The van der Waals surface area contributed by atoms with Crippen LogP contribution in [0.1, 0.15) is 24.5 Å². The van der Waals surface area contributed by atoms with E-state index in [0.717, 1.165) is 21.7 Å². The van der Waals surface area contributed by atoms with E-state index in [4.69, 9.17) is 11.6 Å². The van der Waals surface area contributed by atoms with Crippen LogP contribution in [0.3, 0.4) is 0 Å². The van der Waals surface area contributed by atoms with Crippen molar-refractivity contribution in [3.63, 3.8) is 0 Å². The Kier molecular flexibility index (Phi) is 6.67. The Bertz CT molecular complexity index is 867. The largest absolute Gasteiger partial charge is 0.350 e. The van der Waals surface area contributed by atoms with Gasteiger partial charge in [0.25, 0.3) is 0 Å². The summed E-state index contributed by atoms with van der Waals surface area (Å²) in [5.74, 6) is -0.337. The molecule has 0 heterocycles. The molecule has 1 N–H and O–H groups in total. The van der Waals surface area contributed by atoms with Crippen molar-refractivity contribution in [1.82, 2.24) is 5.32 Å². The van der Waals surface area contributed by atoms with Crippen LogP contribution in [0, 0.1) is 6.92 Å². The SMILES string of the molecule is CC[C@@H](C(=O)NCc1ccccc1C)N(c1ccc(Cl)cc1)S(C)(=O)=O. The second-order valence-corrected chi connectivity index (χ2v) is 8.40. The minimum absolute atomic E-state index is 0.337. The molecule has 2 aromatic rings. The lowest BCUT2D eigenvalue weighted by molar-refractivity contribution is -0.122. The number of anilines is 1. The predicted molar refractivity (Wildman–Crippen MR) is 106 cm³/mol. The average Bonchev–Trinajstić information content (AvgIpc) is 2.58. The van der Waals surface area contributed by atoms with Crippen molar-refractivity contribution in [3.8, 4) is 0 Å². The first-order valence-corrected chi connectivity index (χ1v) is 10.5. The van der Waals surface area contributed by atoms with E-state index in [-0.39, 0.29) is 5.91 Å². The van der Waals surface area contributed by atoms with E-state index in [1.165, 1.54) is 0 Å². The van der Waals surface area contributed by atoms with E-state index in [2.05, 4.69) is 5.32 Å². The molecule has 7 heteroatoms. The summed E-state index contributed by atoms with van der Waals surface area (Å²) in [7, 11) is -3.65. The van der Waals surface area contributed by atoms with Gasteiger partial charge in [-0.25, -0.2) is 8.42 Å². The molecule has 0 saturated heterocycles. The van der Waals surface area contributed by atoms with Crippen LogP contribution in [0.4, 0.5) is 5.69 Å². The van der Waals surface area contributed by atoms with Gasteiger partial charge in [-0.3, -0.25) is 9.10 Å². The molecule has 2 rings (SSSR count). The molecule has 0 aliphatic rings. The van der Waals surface area contributed by atoms with Crippen molar-refractivity contribution in [2.75, 3.05) is 10.6 Å². The van der Waals surface area contributed by atoms with E-state index in [9.17, 15) is 13.2 Å². The highest BCUT2D eigenvalue weighted by Crippen LogP contribution is 2.24. The topological polar surface area (TPSA) is 66.5 Å². The number of aryl methyl sites for hydroxylation is 1. The quantitative estimate of drug-likeness (QED) is 0.781. The van der Waals surface area contributed by atoms with Crippen LogP contribution in [0.2, 0.25) is 5.02 Å². The van der Waals surface area contributed by atoms with Gasteiger partial charge in [0.15, 0.2) is 0 Å². The zero-order valence-corrected chi connectivity index (χ0v) is 16.6. The number of carbonyl (C=O) groups excluding carboxylic acids is 1. The zero-order valence-electron chi connectivity index (χ0n) is 15.1. The summed E-state index contributed by atoms with van der Waals surface area (Å²) < 4.78 is 25.9. The van der Waals surface area contributed by atoms with Crippen molar-refractivity contribution < 1.29 is 13.2 Å². The molecular weight excluding hydrogens is 372 g/mol. The minimum Gasteiger partial charge on any atom is -0.350 e. The van der Waals surface area contributed by atoms with Gasteiger partial charge >= 0.3 is 0 Å². The number of sulfonamides is 1. The molecule has 0 aromatic heterocycles. The maximum atomic E-state index is 12.7. The van der Waals surface area contributed by atoms with Crippen LogP contribution in [-0.2, 0) is 21.4 Å². The number of nitrogens with zero attached hydrogens (tertiary/aromatic N) is 1. The van der Waals surface area contributed by atoms with Crippen LogP contribution in [0.5, 0.6) is 0 Å². The number of hydrogen-bond donors (Lipinski definition) is 1. The molecular formula is C19H23ClN2O3S. The molecule has 0 aliphatic carbocycles. The van der Waals surface area contributed by atoms with Gasteiger partial charge < -0.3 is 5.32 Å². The Balaban J connectivity index is 2.25. The summed E-state index contributed by atoms with van der Waals surface area (Å²) in [6, 6.07) is 13.3. The maximum Gasteiger partial charge on any atom is 0.244 e. The number of amides is 1. The molecule has 0 radical (unpaired) electrons. The molecule has 140 valence electrons. The number of halogens is 1. The third-order valence-electron chi connectivity index (χ3n) is 4.13. The van der Waals surface area contributed by atoms with Crippen LogP contribution < -0.4 is 9.62 Å². The number of rotatable bonds is 7. The van der Waals surface area contributed by atoms with Crippen LogP contribution >= 0.6 is 11.6 Å². The van der Waals surface area contributed by atoms with E-state index in [1.807, 2.05) is 31.2 Å². The Morgan fingerprint density at radius 3 is 2.31 bits per heavy atom. The highest BCUT2D eigenvalue weighted by molar-refractivity contribution is 7.92. The van der Waals surface area contributed by atoms with Gasteiger partial charge in [0.05, 0.1) is 11.9 Å². The molecule has 1 amide bonds. The van der Waals surface area contributed by atoms with Crippen molar-refractivity contribution in [2.45, 2.75) is 32.9 Å². The van der Waals surface area contributed by atoms with Crippen molar-refractivity contribution in [3.05, 3.63) is 64.7 Å². The fourth-order valence-corrected chi connectivity index (χ4v) is 4.09. The molecule has 0 spiro atoms. The van der Waals surface area contributed by atoms with Gasteiger partial charge in [-0.15, -0.1) is 0 Å².